The molecule has 1 aliphatic rings. The molecule has 1 amide bonds. The topological polar surface area (TPSA) is 47.6 Å². The average Bonchev–Trinajstić information content (AvgIpc) is 2.68. The van der Waals surface area contributed by atoms with Crippen LogP contribution in [0.2, 0.25) is 0 Å². The molecule has 5 heteroatoms. The number of rotatable bonds is 4. The summed E-state index contributed by atoms with van der Waals surface area (Å²) in [5.74, 6) is 1.47. The highest BCUT2D eigenvalue weighted by molar-refractivity contribution is 8.00. The maximum Gasteiger partial charge on any atom is 0.237 e. The minimum absolute atomic E-state index is 0.0266. The summed E-state index contributed by atoms with van der Waals surface area (Å²) in [5.41, 5.74) is 0.836. The van der Waals surface area contributed by atoms with Gasteiger partial charge in [-0.15, -0.1) is 11.8 Å². The number of carbonyl (C=O) groups excluding carboxylic acids is 1. The standard InChI is InChI=1S/C21H19NO3S/c1-14(26-16-9-10-19-20(13-16)25-12-11-24-19)21(23)22-18-8-4-6-15-5-2-3-7-17(15)18/h2-10,13-14H,11-12H2,1H3,(H,22,23)/t14-/m1/s1. The zero-order valence-electron chi connectivity index (χ0n) is 14.4. The van der Waals surface area contributed by atoms with Crippen LogP contribution in [0.4, 0.5) is 5.69 Å². The summed E-state index contributed by atoms with van der Waals surface area (Å²) in [7, 11) is 0. The Bertz CT molecular complexity index is 952. The number of hydrogen-bond donors (Lipinski definition) is 1. The van der Waals surface area contributed by atoms with Gasteiger partial charge in [0.15, 0.2) is 11.5 Å². The van der Waals surface area contributed by atoms with Gasteiger partial charge < -0.3 is 14.8 Å². The van der Waals surface area contributed by atoms with Crippen LogP contribution in [0.5, 0.6) is 11.5 Å². The highest BCUT2D eigenvalue weighted by Gasteiger charge is 2.18. The van der Waals surface area contributed by atoms with Crippen LogP contribution in [-0.2, 0) is 4.79 Å². The van der Waals surface area contributed by atoms with Gasteiger partial charge in [0, 0.05) is 16.0 Å². The lowest BCUT2D eigenvalue weighted by atomic mass is 10.1. The third-order valence-electron chi connectivity index (χ3n) is 4.24. The second kappa shape index (κ2) is 7.30. The molecule has 3 aromatic rings. The van der Waals surface area contributed by atoms with Crippen LogP contribution in [0.15, 0.2) is 65.6 Å². The number of amides is 1. The monoisotopic (exact) mass is 365 g/mol. The van der Waals surface area contributed by atoms with E-state index in [4.69, 9.17) is 9.47 Å². The third-order valence-corrected chi connectivity index (χ3v) is 5.34. The minimum Gasteiger partial charge on any atom is -0.486 e. The van der Waals surface area contributed by atoms with Crippen molar-refractivity contribution in [1.29, 1.82) is 0 Å². The van der Waals surface area contributed by atoms with Crippen molar-refractivity contribution in [3.63, 3.8) is 0 Å². The van der Waals surface area contributed by atoms with E-state index >= 15 is 0 Å². The number of benzene rings is 3. The second-order valence-electron chi connectivity index (χ2n) is 6.08. The highest BCUT2D eigenvalue weighted by atomic mass is 32.2. The van der Waals surface area contributed by atoms with Gasteiger partial charge in [-0.25, -0.2) is 0 Å². The molecule has 0 aromatic heterocycles. The van der Waals surface area contributed by atoms with Gasteiger partial charge in [-0.3, -0.25) is 4.79 Å². The highest BCUT2D eigenvalue weighted by Crippen LogP contribution is 2.35. The van der Waals surface area contributed by atoms with E-state index in [9.17, 15) is 4.79 Å². The van der Waals surface area contributed by atoms with Crippen molar-refractivity contribution >= 4 is 34.1 Å². The third kappa shape index (κ3) is 3.48. The van der Waals surface area contributed by atoms with Crippen LogP contribution >= 0.6 is 11.8 Å². The van der Waals surface area contributed by atoms with Crippen LogP contribution in [-0.4, -0.2) is 24.4 Å². The molecular formula is C21H19NO3S. The molecule has 1 aliphatic heterocycles. The Hall–Kier alpha value is -2.66. The predicted octanol–water partition coefficient (Wildman–Crippen LogP) is 4.73. The lowest BCUT2D eigenvalue weighted by molar-refractivity contribution is -0.115. The summed E-state index contributed by atoms with van der Waals surface area (Å²) in [6.45, 7) is 3.03. The normalized spacial score (nSPS) is 14.0. The Kier molecular flexibility index (Phi) is 4.71. The van der Waals surface area contributed by atoms with Gasteiger partial charge in [0.05, 0.1) is 5.25 Å². The average molecular weight is 365 g/mol. The van der Waals surface area contributed by atoms with E-state index in [-0.39, 0.29) is 11.2 Å². The summed E-state index contributed by atoms with van der Waals surface area (Å²) in [4.78, 5) is 13.6. The Balaban J connectivity index is 1.48. The zero-order chi connectivity index (χ0) is 17.9. The second-order valence-corrected chi connectivity index (χ2v) is 7.50. The van der Waals surface area contributed by atoms with Crippen LogP contribution in [0.25, 0.3) is 10.8 Å². The minimum atomic E-state index is -0.239. The summed E-state index contributed by atoms with van der Waals surface area (Å²) < 4.78 is 11.1. The quantitative estimate of drug-likeness (QED) is 0.679. The lowest BCUT2D eigenvalue weighted by Gasteiger charge is -2.19. The first-order valence-corrected chi connectivity index (χ1v) is 9.43. The first kappa shape index (κ1) is 16.8. The Morgan fingerprint density at radius 2 is 1.77 bits per heavy atom. The number of fused-ring (bicyclic) bond motifs is 2. The molecule has 0 unspecified atom stereocenters. The number of carbonyl (C=O) groups is 1. The van der Waals surface area contributed by atoms with Crippen molar-refractivity contribution in [2.75, 3.05) is 18.5 Å². The Morgan fingerprint density at radius 1 is 1.00 bits per heavy atom. The van der Waals surface area contributed by atoms with Crippen LogP contribution in [0, 0.1) is 0 Å². The van der Waals surface area contributed by atoms with Crippen molar-refractivity contribution in [1.82, 2.24) is 0 Å². The first-order valence-electron chi connectivity index (χ1n) is 8.55. The van der Waals surface area contributed by atoms with Crippen LogP contribution in [0.1, 0.15) is 6.92 Å². The Labute approximate surface area is 156 Å². The van der Waals surface area contributed by atoms with Crippen molar-refractivity contribution in [2.45, 2.75) is 17.1 Å². The number of nitrogens with one attached hydrogen (secondary N) is 1. The molecule has 1 N–H and O–H groups in total. The van der Waals surface area contributed by atoms with Gasteiger partial charge in [-0.2, -0.15) is 0 Å². The van der Waals surface area contributed by atoms with Gasteiger partial charge in [-0.05, 0) is 36.6 Å². The molecule has 0 spiro atoms. The summed E-state index contributed by atoms with van der Waals surface area (Å²) in [5, 5.41) is 4.96. The van der Waals surface area contributed by atoms with Crippen molar-refractivity contribution < 1.29 is 14.3 Å². The van der Waals surface area contributed by atoms with E-state index in [0.717, 1.165) is 32.9 Å². The molecule has 132 valence electrons. The van der Waals surface area contributed by atoms with E-state index in [1.54, 1.807) is 0 Å². The molecule has 4 rings (SSSR count). The predicted molar refractivity (Wildman–Crippen MR) is 105 cm³/mol. The summed E-state index contributed by atoms with van der Waals surface area (Å²) in [6.07, 6.45) is 0. The molecule has 3 aromatic carbocycles. The number of hydrogen-bond acceptors (Lipinski definition) is 4. The SMILES string of the molecule is C[C@@H](Sc1ccc2c(c1)OCCO2)C(=O)Nc1cccc2ccccc12. The van der Waals surface area contributed by atoms with E-state index in [1.807, 2.05) is 67.6 Å². The molecule has 1 atom stereocenters. The van der Waals surface area contributed by atoms with Crippen molar-refractivity contribution in [3.8, 4) is 11.5 Å². The Morgan fingerprint density at radius 3 is 2.65 bits per heavy atom. The molecule has 0 fully saturated rings. The fourth-order valence-electron chi connectivity index (χ4n) is 2.92. The van der Waals surface area contributed by atoms with Crippen LogP contribution in [0.3, 0.4) is 0 Å². The van der Waals surface area contributed by atoms with Crippen molar-refractivity contribution in [2.24, 2.45) is 0 Å². The van der Waals surface area contributed by atoms with E-state index in [0.29, 0.717) is 13.2 Å². The van der Waals surface area contributed by atoms with Gasteiger partial charge in [0.25, 0.3) is 0 Å². The number of anilines is 1. The summed E-state index contributed by atoms with van der Waals surface area (Å²) in [6, 6.07) is 19.7. The van der Waals surface area contributed by atoms with E-state index < -0.39 is 0 Å². The molecule has 1 heterocycles. The molecular weight excluding hydrogens is 346 g/mol. The molecule has 0 saturated heterocycles. The lowest BCUT2D eigenvalue weighted by Crippen LogP contribution is -2.22. The maximum absolute atomic E-state index is 12.7. The number of ether oxygens (including phenoxy) is 2. The van der Waals surface area contributed by atoms with Crippen LogP contribution < -0.4 is 14.8 Å². The van der Waals surface area contributed by atoms with Gasteiger partial charge in [0.2, 0.25) is 5.91 Å². The van der Waals surface area contributed by atoms with Gasteiger partial charge in [0.1, 0.15) is 13.2 Å². The maximum atomic E-state index is 12.7. The zero-order valence-corrected chi connectivity index (χ0v) is 15.2. The summed E-state index contributed by atoms with van der Waals surface area (Å²) >= 11 is 1.50. The molecule has 0 saturated carbocycles. The fraction of sp³-hybridized carbons (Fsp3) is 0.190. The van der Waals surface area contributed by atoms with Crippen molar-refractivity contribution in [3.05, 3.63) is 60.7 Å². The van der Waals surface area contributed by atoms with E-state index in [2.05, 4.69) is 5.32 Å². The molecule has 0 bridgehead atoms. The fourth-order valence-corrected chi connectivity index (χ4v) is 3.82. The molecule has 26 heavy (non-hydrogen) atoms. The van der Waals surface area contributed by atoms with Gasteiger partial charge >= 0.3 is 0 Å². The molecule has 0 aliphatic carbocycles. The largest absolute Gasteiger partial charge is 0.486 e. The molecule has 0 radical (unpaired) electrons. The smallest absolute Gasteiger partial charge is 0.237 e. The van der Waals surface area contributed by atoms with Gasteiger partial charge in [-0.1, -0.05) is 36.4 Å². The first-order chi connectivity index (χ1) is 12.7. The molecule has 4 nitrogen and oxygen atoms in total. The number of thioether (sulfide) groups is 1. The van der Waals surface area contributed by atoms with E-state index in [1.165, 1.54) is 11.8 Å².